The number of halogens is 1. The quantitative estimate of drug-likeness (QED) is 0.368. The van der Waals surface area contributed by atoms with Crippen molar-refractivity contribution in [1.29, 1.82) is 0 Å². The zero-order valence-electron chi connectivity index (χ0n) is 7.84. The molecule has 2 N–H and O–H groups in total. The van der Waals surface area contributed by atoms with Crippen LogP contribution in [0.3, 0.4) is 0 Å². The molecule has 0 saturated heterocycles. The Bertz CT molecular complexity index is 410. The van der Waals surface area contributed by atoms with Gasteiger partial charge in [-0.15, -0.1) is 0 Å². The minimum atomic E-state index is 0.263. The molecule has 1 aromatic rings. The van der Waals surface area contributed by atoms with Gasteiger partial charge < -0.3 is 5.73 Å². The van der Waals surface area contributed by atoms with Crippen molar-refractivity contribution in [3.63, 3.8) is 0 Å². The fourth-order valence-corrected chi connectivity index (χ4v) is 1.03. The van der Waals surface area contributed by atoms with Crippen LogP contribution in [0.5, 0.6) is 0 Å². The third-order valence-corrected chi connectivity index (χ3v) is 1.72. The predicted octanol–water partition coefficient (Wildman–Crippen LogP) is 2.43. The zero-order chi connectivity index (χ0) is 11.1. The van der Waals surface area contributed by atoms with E-state index in [1.165, 1.54) is 6.20 Å². The summed E-state index contributed by atoms with van der Waals surface area (Å²) in [5, 5.41) is 3.64. The number of nitrogen functional groups attached to an aromatic ring is 1. The van der Waals surface area contributed by atoms with E-state index < -0.39 is 0 Å². The number of rotatable bonds is 4. The monoisotopic (exact) mass is 224 g/mol. The van der Waals surface area contributed by atoms with Crippen LogP contribution >= 0.6 is 11.6 Å². The Balaban J connectivity index is 2.60. The summed E-state index contributed by atoms with van der Waals surface area (Å²) in [5.41, 5.74) is 14.2. The van der Waals surface area contributed by atoms with Crippen molar-refractivity contribution in [2.75, 3.05) is 12.3 Å². The molecule has 1 rings (SSSR count). The molecule has 0 aliphatic rings. The second-order valence-corrected chi connectivity index (χ2v) is 3.00. The molecule has 7 heteroatoms. The van der Waals surface area contributed by atoms with Crippen molar-refractivity contribution in [3.8, 4) is 0 Å². The highest BCUT2D eigenvalue weighted by Gasteiger charge is 1.98. The molecule has 0 saturated carbocycles. The summed E-state index contributed by atoms with van der Waals surface area (Å²) in [4.78, 5) is 10.5. The number of nitrogens with two attached hydrogens (primary N) is 1. The molecular weight excluding hydrogens is 216 g/mol. The van der Waals surface area contributed by atoms with Crippen LogP contribution in [0.4, 0.5) is 5.82 Å². The van der Waals surface area contributed by atoms with Gasteiger partial charge in [0.25, 0.3) is 0 Å². The van der Waals surface area contributed by atoms with Gasteiger partial charge in [-0.25, -0.2) is 9.97 Å². The van der Waals surface area contributed by atoms with Gasteiger partial charge >= 0.3 is 0 Å². The smallest absolute Gasteiger partial charge is 0.151 e. The number of aromatic nitrogens is 2. The lowest BCUT2D eigenvalue weighted by atomic mass is 10.3. The molecule has 0 aliphatic carbocycles. The van der Waals surface area contributed by atoms with Crippen molar-refractivity contribution >= 4 is 23.5 Å². The molecular formula is C8H9ClN6. The van der Waals surface area contributed by atoms with Gasteiger partial charge in [-0.1, -0.05) is 22.8 Å². The van der Waals surface area contributed by atoms with E-state index in [2.05, 4.69) is 20.0 Å². The number of azide groups is 1. The van der Waals surface area contributed by atoms with Gasteiger partial charge in [-0.2, -0.15) is 0 Å². The molecule has 0 amide bonds. The van der Waals surface area contributed by atoms with Crippen LogP contribution in [-0.4, -0.2) is 16.5 Å². The maximum absolute atomic E-state index is 8.03. The minimum Gasteiger partial charge on any atom is -0.382 e. The molecule has 0 radical (unpaired) electrons. The van der Waals surface area contributed by atoms with Crippen LogP contribution in [-0.2, 0) is 0 Å². The standard InChI is InChI=1S/C8H9ClN6/c9-7-5-12-6(8(10)14-7)3-1-2-4-13-15-11/h1,3,5H,2,4H2,(H2,10,14). The Morgan fingerprint density at radius 3 is 3.13 bits per heavy atom. The van der Waals surface area contributed by atoms with Gasteiger partial charge in [-0.05, 0) is 18.0 Å². The first-order chi connectivity index (χ1) is 7.24. The highest BCUT2D eigenvalue weighted by molar-refractivity contribution is 6.29. The van der Waals surface area contributed by atoms with E-state index in [9.17, 15) is 0 Å². The van der Waals surface area contributed by atoms with Crippen LogP contribution < -0.4 is 5.73 Å². The molecule has 0 aromatic carbocycles. The fourth-order valence-electron chi connectivity index (χ4n) is 0.891. The summed E-state index contributed by atoms with van der Waals surface area (Å²) in [7, 11) is 0. The van der Waals surface area contributed by atoms with Crippen molar-refractivity contribution in [2.45, 2.75) is 6.42 Å². The molecule has 0 fully saturated rings. The molecule has 1 aromatic heterocycles. The summed E-state index contributed by atoms with van der Waals surface area (Å²) >= 11 is 5.59. The van der Waals surface area contributed by atoms with Crippen LogP contribution in [0, 0.1) is 0 Å². The van der Waals surface area contributed by atoms with E-state index in [0.717, 1.165) is 0 Å². The van der Waals surface area contributed by atoms with Crippen LogP contribution in [0.25, 0.3) is 16.5 Å². The SMILES string of the molecule is [N-]=[N+]=NCCC=Cc1ncc(Cl)nc1N. The van der Waals surface area contributed by atoms with E-state index in [1.54, 1.807) is 6.08 Å². The van der Waals surface area contributed by atoms with E-state index in [-0.39, 0.29) is 11.0 Å². The van der Waals surface area contributed by atoms with Crippen LogP contribution in [0.15, 0.2) is 17.4 Å². The molecule has 0 spiro atoms. The number of hydrogen-bond donors (Lipinski definition) is 1. The Morgan fingerprint density at radius 1 is 1.67 bits per heavy atom. The molecule has 0 aliphatic heterocycles. The fraction of sp³-hybridized carbons (Fsp3) is 0.250. The van der Waals surface area contributed by atoms with Crippen LogP contribution in [0.1, 0.15) is 12.1 Å². The Hall–Kier alpha value is -1.78. The van der Waals surface area contributed by atoms with Crippen molar-refractivity contribution < 1.29 is 0 Å². The van der Waals surface area contributed by atoms with Gasteiger partial charge in [-0.3, -0.25) is 0 Å². The second-order valence-electron chi connectivity index (χ2n) is 2.61. The topological polar surface area (TPSA) is 101 Å². The third-order valence-electron chi connectivity index (χ3n) is 1.53. The highest BCUT2D eigenvalue weighted by atomic mass is 35.5. The molecule has 78 valence electrons. The van der Waals surface area contributed by atoms with E-state index in [1.807, 2.05) is 6.08 Å². The Labute approximate surface area is 91.4 Å². The van der Waals surface area contributed by atoms with Crippen molar-refractivity contribution in [2.24, 2.45) is 5.11 Å². The first kappa shape index (κ1) is 11.3. The van der Waals surface area contributed by atoms with Crippen molar-refractivity contribution in [3.05, 3.63) is 33.6 Å². The lowest BCUT2D eigenvalue weighted by molar-refractivity contribution is 0.995. The number of nitrogens with zero attached hydrogens (tertiary/aromatic N) is 5. The lowest BCUT2D eigenvalue weighted by Gasteiger charge is -1.97. The average molecular weight is 225 g/mol. The lowest BCUT2D eigenvalue weighted by Crippen LogP contribution is -1.96. The summed E-state index contributed by atoms with van der Waals surface area (Å²) in [6.07, 6.45) is 5.58. The van der Waals surface area contributed by atoms with Gasteiger partial charge in [0.05, 0.1) is 6.20 Å². The van der Waals surface area contributed by atoms with Gasteiger partial charge in [0.1, 0.15) is 10.8 Å². The summed E-state index contributed by atoms with van der Waals surface area (Å²) in [6, 6.07) is 0. The molecule has 0 bridgehead atoms. The summed E-state index contributed by atoms with van der Waals surface area (Å²) in [5.74, 6) is 0.280. The normalized spacial score (nSPS) is 10.2. The zero-order valence-corrected chi connectivity index (χ0v) is 8.59. The second kappa shape index (κ2) is 5.85. The first-order valence-corrected chi connectivity index (χ1v) is 4.57. The molecule has 6 nitrogen and oxygen atoms in total. The third kappa shape index (κ3) is 3.84. The summed E-state index contributed by atoms with van der Waals surface area (Å²) < 4.78 is 0. The van der Waals surface area contributed by atoms with E-state index in [4.69, 9.17) is 22.9 Å². The van der Waals surface area contributed by atoms with Crippen LogP contribution in [0.2, 0.25) is 5.15 Å². The average Bonchev–Trinajstić information content (AvgIpc) is 2.20. The highest BCUT2D eigenvalue weighted by Crippen LogP contribution is 2.11. The largest absolute Gasteiger partial charge is 0.382 e. The molecule has 15 heavy (non-hydrogen) atoms. The van der Waals surface area contributed by atoms with Gasteiger partial charge in [0, 0.05) is 11.5 Å². The van der Waals surface area contributed by atoms with E-state index >= 15 is 0 Å². The number of hydrogen-bond acceptors (Lipinski definition) is 4. The summed E-state index contributed by atoms with van der Waals surface area (Å²) in [6.45, 7) is 0.411. The minimum absolute atomic E-state index is 0.263. The van der Waals surface area contributed by atoms with Gasteiger partial charge in [0.2, 0.25) is 0 Å². The maximum Gasteiger partial charge on any atom is 0.151 e. The van der Waals surface area contributed by atoms with E-state index in [0.29, 0.717) is 18.7 Å². The first-order valence-electron chi connectivity index (χ1n) is 4.19. The van der Waals surface area contributed by atoms with Crippen molar-refractivity contribution in [1.82, 2.24) is 9.97 Å². The van der Waals surface area contributed by atoms with Gasteiger partial charge in [0.15, 0.2) is 5.82 Å². The predicted molar refractivity (Wildman–Crippen MR) is 59.1 cm³/mol. The Morgan fingerprint density at radius 2 is 2.47 bits per heavy atom. The molecule has 1 heterocycles. The maximum atomic E-state index is 8.03. The number of anilines is 1. The Kier molecular flexibility index (Phi) is 4.40. The molecule has 0 unspecified atom stereocenters. The molecule has 0 atom stereocenters.